The van der Waals surface area contributed by atoms with Crippen LogP contribution in [0.4, 0.5) is 14.5 Å². The molecule has 0 saturated heterocycles. The monoisotopic (exact) mass is 566 g/mol. The van der Waals surface area contributed by atoms with Crippen molar-refractivity contribution in [2.24, 2.45) is 0 Å². The van der Waals surface area contributed by atoms with Crippen LogP contribution < -0.4 is 4.31 Å². The molecule has 2 atom stereocenters. The van der Waals surface area contributed by atoms with E-state index >= 15 is 0 Å². The maximum absolute atomic E-state index is 13.7. The first-order chi connectivity index (χ1) is 17.5. The van der Waals surface area contributed by atoms with Gasteiger partial charge in [0.2, 0.25) is 16.4 Å². The topological polar surface area (TPSA) is 68.6 Å². The number of sulfonamides is 1. The number of hydrogen-bond donors (Lipinski definition) is 0. The van der Waals surface area contributed by atoms with Gasteiger partial charge in [0.1, 0.15) is 6.10 Å². The van der Waals surface area contributed by atoms with Gasteiger partial charge in [-0.1, -0.05) is 23.7 Å². The molecule has 1 aliphatic rings. The summed E-state index contributed by atoms with van der Waals surface area (Å²) < 4.78 is 63.1. The summed E-state index contributed by atoms with van der Waals surface area (Å²) >= 11 is 6.18. The number of rotatable bonds is 7. The molecule has 3 aromatic rings. The molecule has 0 radical (unpaired) electrons. The number of aromatic nitrogens is 1. The van der Waals surface area contributed by atoms with Crippen LogP contribution in [0.1, 0.15) is 57.0 Å². The summed E-state index contributed by atoms with van der Waals surface area (Å²) in [5.41, 5.74) is 3.55. The zero-order chi connectivity index (χ0) is 28.3. The van der Waals surface area contributed by atoms with Crippen LogP contribution in [0.2, 0.25) is 5.02 Å². The van der Waals surface area contributed by atoms with E-state index in [-0.39, 0.29) is 12.3 Å². The fourth-order valence-electron chi connectivity index (χ4n) is 5.50. The Balaban J connectivity index is 2.21. The molecule has 4 rings (SSSR count). The van der Waals surface area contributed by atoms with E-state index in [1.54, 1.807) is 19.1 Å². The number of carbonyl (C=O) groups excluding carboxylic acids is 1. The summed E-state index contributed by atoms with van der Waals surface area (Å²) in [7, 11) is -3.96. The molecular weight excluding hydrogens is 534 g/mol. The molecule has 0 bridgehead atoms. The highest BCUT2D eigenvalue weighted by Crippen LogP contribution is 2.49. The molecule has 0 aliphatic carbocycles. The Hall–Kier alpha value is -2.49. The Morgan fingerprint density at radius 2 is 1.79 bits per heavy atom. The lowest BCUT2D eigenvalue weighted by molar-refractivity contribution is -0.138. The Morgan fingerprint density at radius 3 is 2.29 bits per heavy atom. The van der Waals surface area contributed by atoms with E-state index in [9.17, 15) is 22.0 Å². The number of halogens is 3. The lowest BCUT2D eigenvalue weighted by Gasteiger charge is -2.39. The standard InChI is InChI=1S/C28H33ClF2N2O4S/c1-15-12-21-24(18-8-10-19(29)11-9-18)23(27(17(3)34)37-28(4,5)6)16(2)25-26(21)32(15)14-20(13-22(30)31)33(25)38(7,35)36/h8-12,20,22,27H,13-14H2,1-7H3/t20-,27+/m0/s1. The molecule has 0 fully saturated rings. The first-order valence-corrected chi connectivity index (χ1v) is 14.6. The van der Waals surface area contributed by atoms with E-state index in [1.807, 2.05) is 50.5 Å². The van der Waals surface area contributed by atoms with Gasteiger partial charge in [0.15, 0.2) is 5.78 Å². The van der Waals surface area contributed by atoms with Crippen molar-refractivity contribution in [1.82, 2.24) is 4.57 Å². The van der Waals surface area contributed by atoms with Gasteiger partial charge in [-0.2, -0.15) is 0 Å². The minimum atomic E-state index is -3.96. The molecule has 2 aromatic carbocycles. The minimum absolute atomic E-state index is 0.0905. The van der Waals surface area contributed by atoms with Gasteiger partial charge >= 0.3 is 0 Å². The first-order valence-electron chi connectivity index (χ1n) is 12.4. The quantitative estimate of drug-likeness (QED) is 0.314. The number of anilines is 1. The van der Waals surface area contributed by atoms with Crippen LogP contribution in [0.15, 0.2) is 30.3 Å². The molecular formula is C28H33ClF2N2O4S. The van der Waals surface area contributed by atoms with Gasteiger partial charge in [-0.05, 0) is 76.4 Å². The smallest absolute Gasteiger partial charge is 0.240 e. The van der Waals surface area contributed by atoms with E-state index in [0.717, 1.165) is 27.4 Å². The van der Waals surface area contributed by atoms with Crippen LogP contribution in [0.25, 0.3) is 22.0 Å². The molecule has 1 aromatic heterocycles. The van der Waals surface area contributed by atoms with E-state index < -0.39 is 40.6 Å². The van der Waals surface area contributed by atoms with Crippen molar-refractivity contribution in [2.45, 2.75) is 78.7 Å². The Morgan fingerprint density at radius 1 is 1.18 bits per heavy atom. The maximum atomic E-state index is 13.7. The van der Waals surface area contributed by atoms with Crippen molar-refractivity contribution in [1.29, 1.82) is 0 Å². The summed E-state index contributed by atoms with van der Waals surface area (Å²) in [4.78, 5) is 13.1. The number of benzene rings is 2. The third-order valence-corrected chi connectivity index (χ3v) is 8.26. The molecule has 10 heteroatoms. The zero-order valence-corrected chi connectivity index (χ0v) is 24.2. The van der Waals surface area contributed by atoms with Crippen LogP contribution >= 0.6 is 11.6 Å². The van der Waals surface area contributed by atoms with Crippen molar-refractivity contribution >= 4 is 44.0 Å². The molecule has 0 N–H and O–H groups in total. The fraction of sp³-hybridized carbons (Fsp3) is 0.464. The van der Waals surface area contributed by atoms with Crippen LogP contribution in [-0.2, 0) is 26.1 Å². The maximum Gasteiger partial charge on any atom is 0.240 e. The number of ether oxygens (including phenoxy) is 1. The van der Waals surface area contributed by atoms with Crippen molar-refractivity contribution in [3.05, 3.63) is 52.2 Å². The number of carbonyl (C=O) groups is 1. The van der Waals surface area contributed by atoms with E-state index in [2.05, 4.69) is 0 Å². The lowest BCUT2D eigenvalue weighted by Crippen LogP contribution is -2.46. The Kier molecular flexibility index (Phi) is 7.44. The van der Waals surface area contributed by atoms with E-state index in [0.29, 0.717) is 32.7 Å². The highest BCUT2D eigenvalue weighted by atomic mass is 35.5. The number of alkyl halides is 2. The molecule has 38 heavy (non-hydrogen) atoms. The molecule has 0 unspecified atom stereocenters. The molecule has 206 valence electrons. The zero-order valence-electron chi connectivity index (χ0n) is 22.6. The van der Waals surface area contributed by atoms with Crippen LogP contribution in [0, 0.1) is 13.8 Å². The highest BCUT2D eigenvalue weighted by Gasteiger charge is 2.41. The number of Topliss-reactive ketones (excluding diaryl/α,β-unsaturated/α-hetero) is 1. The summed E-state index contributed by atoms with van der Waals surface area (Å²) in [6.07, 6.45) is -3.31. The second-order valence-corrected chi connectivity index (χ2v) is 13.3. The molecule has 2 heterocycles. The van der Waals surface area contributed by atoms with Crippen molar-refractivity contribution in [3.8, 4) is 11.1 Å². The average Bonchev–Trinajstić information content (AvgIpc) is 3.09. The number of ketones is 1. The minimum Gasteiger partial charge on any atom is -0.360 e. The van der Waals surface area contributed by atoms with Crippen molar-refractivity contribution in [3.63, 3.8) is 0 Å². The largest absolute Gasteiger partial charge is 0.360 e. The number of aryl methyl sites for hydroxylation is 1. The van der Waals surface area contributed by atoms with Gasteiger partial charge in [-0.25, -0.2) is 17.2 Å². The molecule has 1 aliphatic heterocycles. The summed E-state index contributed by atoms with van der Waals surface area (Å²) in [6.45, 7) is 10.6. The Bertz CT molecular complexity index is 1510. The van der Waals surface area contributed by atoms with E-state index in [4.69, 9.17) is 16.3 Å². The first kappa shape index (κ1) is 28.5. The second kappa shape index (κ2) is 9.92. The molecule has 6 nitrogen and oxygen atoms in total. The second-order valence-electron chi connectivity index (χ2n) is 11.0. The van der Waals surface area contributed by atoms with Gasteiger partial charge < -0.3 is 9.30 Å². The third-order valence-electron chi connectivity index (χ3n) is 6.81. The van der Waals surface area contributed by atoms with Crippen molar-refractivity contribution in [2.75, 3.05) is 10.6 Å². The predicted molar refractivity (Wildman–Crippen MR) is 148 cm³/mol. The van der Waals surface area contributed by atoms with Crippen LogP contribution in [-0.4, -0.2) is 43.1 Å². The van der Waals surface area contributed by atoms with Crippen LogP contribution in [0.5, 0.6) is 0 Å². The third kappa shape index (κ3) is 5.20. The van der Waals surface area contributed by atoms with Gasteiger partial charge in [0, 0.05) is 34.6 Å². The van der Waals surface area contributed by atoms with Gasteiger partial charge in [0.25, 0.3) is 0 Å². The molecule has 0 amide bonds. The van der Waals surface area contributed by atoms with Crippen LogP contribution in [0.3, 0.4) is 0 Å². The summed E-state index contributed by atoms with van der Waals surface area (Å²) in [6, 6.07) is 8.13. The van der Waals surface area contributed by atoms with E-state index in [1.165, 1.54) is 6.92 Å². The molecule has 0 spiro atoms. The predicted octanol–water partition coefficient (Wildman–Crippen LogP) is 6.83. The summed E-state index contributed by atoms with van der Waals surface area (Å²) in [5, 5.41) is 1.26. The molecule has 0 saturated carbocycles. The fourth-order valence-corrected chi connectivity index (χ4v) is 6.87. The highest BCUT2D eigenvalue weighted by molar-refractivity contribution is 7.92. The Labute approximate surface area is 227 Å². The lowest BCUT2D eigenvalue weighted by atomic mass is 9.86. The van der Waals surface area contributed by atoms with Gasteiger partial charge in [-0.15, -0.1) is 0 Å². The van der Waals surface area contributed by atoms with Gasteiger partial charge in [0.05, 0.1) is 29.1 Å². The SMILES string of the molecule is CC(=O)[C@@H](OC(C)(C)C)c1c(C)c2c3c(cc(C)n3C[C@H](CC(F)F)N2S(C)(=O)=O)c1-c1ccc(Cl)cc1. The normalized spacial score (nSPS) is 16.9. The average molecular weight is 567 g/mol. The number of hydrogen-bond acceptors (Lipinski definition) is 4. The van der Waals surface area contributed by atoms with Crippen molar-refractivity contribution < 1.29 is 26.7 Å². The number of nitrogens with zero attached hydrogens (tertiary/aromatic N) is 2. The summed E-state index contributed by atoms with van der Waals surface area (Å²) in [5.74, 6) is -0.258. The van der Waals surface area contributed by atoms with Gasteiger partial charge in [-0.3, -0.25) is 9.10 Å².